The molecule has 96 valence electrons. The van der Waals surface area contributed by atoms with Gasteiger partial charge in [0.05, 0.1) is 36.9 Å². The molecule has 0 bridgehead atoms. The summed E-state index contributed by atoms with van der Waals surface area (Å²) < 4.78 is 14.4. The summed E-state index contributed by atoms with van der Waals surface area (Å²) in [4.78, 5) is 22.0. The molecule has 0 saturated carbocycles. The fourth-order valence-corrected chi connectivity index (χ4v) is 0.778. The summed E-state index contributed by atoms with van der Waals surface area (Å²) in [7, 11) is 0. The molecule has 5 nitrogen and oxygen atoms in total. The first-order chi connectivity index (χ1) is 7.91. The SMILES string of the molecule is CC(C)OC(=O)C=COC=CC(=O)OC(C)C. The van der Waals surface area contributed by atoms with E-state index in [1.165, 1.54) is 0 Å². The third kappa shape index (κ3) is 10.5. The number of ether oxygens (including phenoxy) is 3. The number of carbonyl (C=O) groups is 2. The summed E-state index contributed by atoms with van der Waals surface area (Å²) in [5.41, 5.74) is 0. The van der Waals surface area contributed by atoms with E-state index in [0.29, 0.717) is 0 Å². The van der Waals surface area contributed by atoms with Crippen molar-refractivity contribution in [3.05, 3.63) is 24.7 Å². The number of rotatable bonds is 6. The van der Waals surface area contributed by atoms with Gasteiger partial charge in [-0.25, -0.2) is 9.59 Å². The van der Waals surface area contributed by atoms with E-state index in [9.17, 15) is 9.59 Å². The normalized spacial score (nSPS) is 11.4. The largest absolute Gasteiger partial charge is 0.472 e. The van der Waals surface area contributed by atoms with Crippen LogP contribution in [0.3, 0.4) is 0 Å². The van der Waals surface area contributed by atoms with Gasteiger partial charge in [0, 0.05) is 0 Å². The molecule has 0 rings (SSSR count). The number of esters is 2. The van der Waals surface area contributed by atoms with Gasteiger partial charge in [0.25, 0.3) is 0 Å². The van der Waals surface area contributed by atoms with Gasteiger partial charge in [-0.3, -0.25) is 0 Å². The molecule has 0 aromatic heterocycles. The predicted octanol–water partition coefficient (Wildman–Crippen LogP) is 1.93. The molecule has 0 N–H and O–H groups in total. The van der Waals surface area contributed by atoms with Crippen molar-refractivity contribution in [1.82, 2.24) is 0 Å². The van der Waals surface area contributed by atoms with Gasteiger partial charge in [0.1, 0.15) is 0 Å². The molecule has 0 atom stereocenters. The molecule has 0 aromatic rings. The molecule has 0 aliphatic carbocycles. The molecule has 0 radical (unpaired) electrons. The van der Waals surface area contributed by atoms with Gasteiger partial charge in [0.15, 0.2) is 0 Å². The summed E-state index contributed by atoms with van der Waals surface area (Å²) in [5, 5.41) is 0. The van der Waals surface area contributed by atoms with Crippen molar-refractivity contribution >= 4 is 11.9 Å². The maximum atomic E-state index is 11.0. The van der Waals surface area contributed by atoms with E-state index in [2.05, 4.69) is 0 Å². The van der Waals surface area contributed by atoms with Crippen LogP contribution < -0.4 is 0 Å². The quantitative estimate of drug-likeness (QED) is 0.404. The van der Waals surface area contributed by atoms with E-state index in [1.807, 2.05) is 0 Å². The minimum Gasteiger partial charge on any atom is -0.472 e. The molecule has 17 heavy (non-hydrogen) atoms. The van der Waals surface area contributed by atoms with Crippen molar-refractivity contribution in [3.63, 3.8) is 0 Å². The number of carbonyl (C=O) groups excluding carboxylic acids is 2. The molecule has 0 aliphatic rings. The van der Waals surface area contributed by atoms with E-state index in [-0.39, 0.29) is 12.2 Å². The zero-order valence-electron chi connectivity index (χ0n) is 10.5. The highest BCUT2D eigenvalue weighted by Gasteiger charge is 2.00. The molecule has 0 spiro atoms. The highest BCUT2D eigenvalue weighted by Crippen LogP contribution is 1.93. The third-order valence-electron chi connectivity index (χ3n) is 1.27. The molecule has 0 heterocycles. The molecule has 0 aliphatic heterocycles. The maximum absolute atomic E-state index is 11.0. The average Bonchev–Trinajstić information content (AvgIpc) is 2.14. The summed E-state index contributed by atoms with van der Waals surface area (Å²) in [5.74, 6) is -1.00. The van der Waals surface area contributed by atoms with Gasteiger partial charge in [0.2, 0.25) is 0 Å². The molecule has 0 unspecified atom stereocenters. The molecule has 0 fully saturated rings. The van der Waals surface area contributed by atoms with E-state index in [1.54, 1.807) is 27.7 Å². The Morgan fingerprint density at radius 2 is 1.18 bits per heavy atom. The van der Waals surface area contributed by atoms with Crippen LogP contribution in [0, 0.1) is 0 Å². The van der Waals surface area contributed by atoms with Crippen LogP contribution in [0.15, 0.2) is 24.7 Å². The van der Waals surface area contributed by atoms with Crippen LogP contribution in [0.4, 0.5) is 0 Å². The zero-order chi connectivity index (χ0) is 13.3. The van der Waals surface area contributed by atoms with Crippen molar-refractivity contribution in [3.8, 4) is 0 Å². The van der Waals surface area contributed by atoms with Gasteiger partial charge < -0.3 is 14.2 Å². The fourth-order valence-electron chi connectivity index (χ4n) is 0.778. The van der Waals surface area contributed by atoms with Crippen molar-refractivity contribution < 1.29 is 23.8 Å². The summed E-state index contributed by atoms with van der Waals surface area (Å²) >= 11 is 0. The van der Waals surface area contributed by atoms with Crippen molar-refractivity contribution in [1.29, 1.82) is 0 Å². The summed E-state index contributed by atoms with van der Waals surface area (Å²) in [6, 6.07) is 0. The van der Waals surface area contributed by atoms with Crippen molar-refractivity contribution in [2.24, 2.45) is 0 Å². The zero-order valence-corrected chi connectivity index (χ0v) is 10.5. The lowest BCUT2D eigenvalue weighted by Gasteiger charge is -2.04. The maximum Gasteiger partial charge on any atom is 0.334 e. The van der Waals surface area contributed by atoms with Crippen molar-refractivity contribution in [2.45, 2.75) is 39.9 Å². The Morgan fingerprint density at radius 3 is 1.47 bits per heavy atom. The van der Waals surface area contributed by atoms with Gasteiger partial charge >= 0.3 is 11.9 Å². The average molecular weight is 242 g/mol. The number of hydrogen-bond acceptors (Lipinski definition) is 5. The van der Waals surface area contributed by atoms with Gasteiger partial charge in [-0.1, -0.05) is 0 Å². The Labute approximate surface area is 101 Å². The standard InChI is InChI=1S/C12H18O5/c1-9(2)16-11(13)5-7-15-8-6-12(14)17-10(3)4/h5-10H,1-4H3. The number of hydrogen-bond donors (Lipinski definition) is 0. The van der Waals surface area contributed by atoms with Crippen LogP contribution in [-0.4, -0.2) is 24.1 Å². The Bertz CT molecular complexity index is 272. The Hall–Kier alpha value is -1.78. The fraction of sp³-hybridized carbons (Fsp3) is 0.500. The Morgan fingerprint density at radius 1 is 0.824 bits per heavy atom. The van der Waals surface area contributed by atoms with E-state index in [0.717, 1.165) is 24.7 Å². The molecular weight excluding hydrogens is 224 g/mol. The first kappa shape index (κ1) is 15.2. The highest BCUT2D eigenvalue weighted by atomic mass is 16.5. The highest BCUT2D eigenvalue weighted by molar-refractivity contribution is 5.82. The molecular formula is C12H18O5. The molecule has 0 amide bonds. The lowest BCUT2D eigenvalue weighted by atomic mass is 10.5. The van der Waals surface area contributed by atoms with Gasteiger partial charge in [-0.2, -0.15) is 0 Å². The summed E-state index contributed by atoms with van der Waals surface area (Å²) in [6.07, 6.45) is 4.15. The van der Waals surface area contributed by atoms with Crippen LogP contribution in [0.2, 0.25) is 0 Å². The predicted molar refractivity (Wildman–Crippen MR) is 61.8 cm³/mol. The molecule has 0 aromatic carbocycles. The minimum absolute atomic E-state index is 0.177. The van der Waals surface area contributed by atoms with Gasteiger partial charge in [-0.05, 0) is 27.7 Å². The van der Waals surface area contributed by atoms with Crippen LogP contribution in [0.5, 0.6) is 0 Å². The smallest absolute Gasteiger partial charge is 0.334 e. The minimum atomic E-state index is -0.502. The van der Waals surface area contributed by atoms with Crippen LogP contribution in [0.1, 0.15) is 27.7 Å². The lowest BCUT2D eigenvalue weighted by Crippen LogP contribution is -2.08. The second-order valence-corrected chi connectivity index (χ2v) is 3.71. The topological polar surface area (TPSA) is 61.8 Å². The van der Waals surface area contributed by atoms with Gasteiger partial charge in [-0.15, -0.1) is 0 Å². The molecule has 0 saturated heterocycles. The van der Waals surface area contributed by atoms with Crippen LogP contribution >= 0.6 is 0 Å². The van der Waals surface area contributed by atoms with Crippen LogP contribution in [0.25, 0.3) is 0 Å². The van der Waals surface area contributed by atoms with Crippen LogP contribution in [-0.2, 0) is 23.8 Å². The second-order valence-electron chi connectivity index (χ2n) is 3.71. The molecule has 5 heteroatoms. The first-order valence-electron chi connectivity index (χ1n) is 5.31. The van der Waals surface area contributed by atoms with Crippen molar-refractivity contribution in [2.75, 3.05) is 0 Å². The second kappa shape index (κ2) is 8.38. The van der Waals surface area contributed by atoms with E-state index < -0.39 is 11.9 Å². The van der Waals surface area contributed by atoms with E-state index >= 15 is 0 Å². The van der Waals surface area contributed by atoms with E-state index in [4.69, 9.17) is 14.2 Å². The third-order valence-corrected chi connectivity index (χ3v) is 1.27. The summed E-state index contributed by atoms with van der Waals surface area (Å²) in [6.45, 7) is 6.98. The lowest BCUT2D eigenvalue weighted by molar-refractivity contribution is -0.142. The monoisotopic (exact) mass is 242 g/mol. The Balaban J connectivity index is 3.83. The first-order valence-corrected chi connectivity index (χ1v) is 5.31. The Kier molecular flexibility index (Phi) is 7.50.